The van der Waals surface area contributed by atoms with E-state index in [0.29, 0.717) is 18.6 Å². The van der Waals surface area contributed by atoms with E-state index in [1.54, 1.807) is 19.9 Å². The van der Waals surface area contributed by atoms with Crippen LogP contribution in [0.15, 0.2) is 66.7 Å². The molecule has 0 unspecified atom stereocenters. The SMILES string of the molecule is CC(C)[C@@H](C(=O)N[C@H]1c2ccccc2C[C@H]1O)[C@@H](O)[C@H](O)[C@H](CC1CCCCC1)NC(=O)[C@H](CO)NC(=O)COc1cccc2ccccc12. The highest BCUT2D eigenvalue weighted by atomic mass is 16.5. The molecule has 2 aliphatic rings. The number of carbonyl (C=O) groups is 3. The zero-order valence-electron chi connectivity index (χ0n) is 28.8. The Morgan fingerprint density at radius 3 is 2.30 bits per heavy atom. The quantitative estimate of drug-likeness (QED) is 0.127. The van der Waals surface area contributed by atoms with Crippen molar-refractivity contribution in [2.24, 2.45) is 17.8 Å². The molecule has 270 valence electrons. The number of amides is 3. The predicted octanol–water partition coefficient (Wildman–Crippen LogP) is 2.92. The van der Waals surface area contributed by atoms with Gasteiger partial charge in [0.05, 0.1) is 36.8 Å². The Hall–Kier alpha value is -4.03. The molecular formula is C39H51N3O8. The number of hydrogen-bond acceptors (Lipinski definition) is 8. The Balaban J connectivity index is 1.26. The second-order valence-corrected chi connectivity index (χ2v) is 14.1. The second-order valence-electron chi connectivity index (χ2n) is 14.1. The van der Waals surface area contributed by atoms with E-state index < -0.39 is 79.2 Å². The van der Waals surface area contributed by atoms with Crippen LogP contribution in [0.2, 0.25) is 0 Å². The lowest BCUT2D eigenvalue weighted by Crippen LogP contribution is -2.58. The van der Waals surface area contributed by atoms with Gasteiger partial charge < -0.3 is 41.1 Å². The molecule has 50 heavy (non-hydrogen) atoms. The Kier molecular flexibility index (Phi) is 12.9. The fourth-order valence-corrected chi connectivity index (χ4v) is 7.54. The van der Waals surface area contributed by atoms with Crippen molar-refractivity contribution in [3.63, 3.8) is 0 Å². The summed E-state index contributed by atoms with van der Waals surface area (Å²) in [5, 5.41) is 54.1. The lowest BCUT2D eigenvalue weighted by molar-refractivity contribution is -0.139. The van der Waals surface area contributed by atoms with E-state index in [-0.39, 0.29) is 5.92 Å². The van der Waals surface area contributed by atoms with Gasteiger partial charge in [-0.3, -0.25) is 14.4 Å². The number of ether oxygens (including phenoxy) is 1. The molecule has 2 aliphatic carbocycles. The molecule has 1 saturated carbocycles. The Bertz CT molecular complexity index is 1600. The first-order valence-corrected chi connectivity index (χ1v) is 17.8. The fraction of sp³-hybridized carbons (Fsp3) is 0.513. The summed E-state index contributed by atoms with van der Waals surface area (Å²) < 4.78 is 5.75. The van der Waals surface area contributed by atoms with Gasteiger partial charge in [0.25, 0.3) is 5.91 Å². The van der Waals surface area contributed by atoms with Crippen LogP contribution in [0.1, 0.15) is 69.5 Å². The summed E-state index contributed by atoms with van der Waals surface area (Å²) in [5.74, 6) is -2.65. The summed E-state index contributed by atoms with van der Waals surface area (Å²) in [4.78, 5) is 40.1. The average Bonchev–Trinajstić information content (AvgIpc) is 3.43. The predicted molar refractivity (Wildman–Crippen MR) is 189 cm³/mol. The molecule has 3 aromatic rings. The molecular weight excluding hydrogens is 638 g/mol. The summed E-state index contributed by atoms with van der Waals surface area (Å²) in [6.07, 6.45) is 1.74. The number of nitrogens with one attached hydrogen (secondary N) is 3. The average molecular weight is 690 g/mol. The third-order valence-corrected chi connectivity index (χ3v) is 10.2. The number of carbonyl (C=O) groups excluding carboxylic acids is 3. The highest BCUT2D eigenvalue weighted by Crippen LogP contribution is 2.33. The van der Waals surface area contributed by atoms with Gasteiger partial charge in [-0.15, -0.1) is 0 Å². The molecule has 1 fully saturated rings. The van der Waals surface area contributed by atoms with Crippen molar-refractivity contribution in [2.75, 3.05) is 13.2 Å². The van der Waals surface area contributed by atoms with Crippen LogP contribution in [0.4, 0.5) is 0 Å². The van der Waals surface area contributed by atoms with Gasteiger partial charge in [0.1, 0.15) is 17.9 Å². The van der Waals surface area contributed by atoms with Crippen molar-refractivity contribution in [1.82, 2.24) is 16.0 Å². The van der Waals surface area contributed by atoms with Crippen molar-refractivity contribution in [3.05, 3.63) is 77.9 Å². The third-order valence-electron chi connectivity index (χ3n) is 10.2. The molecule has 11 heteroatoms. The standard InChI is InChI=1S/C39H51N3O8/c1-23(2)34(39(49)42-35-28-17-9-7-14-26(28)20-31(35)44)37(47)36(46)29(19-24-11-4-3-5-12-24)41-38(48)30(21-43)40-33(45)22-50-32-18-10-15-25-13-6-8-16-27(25)32/h6-10,13-18,23-24,29-31,34-37,43-44,46-47H,3-5,11-12,19-22H2,1-2H3,(H,40,45)(H,41,48)(H,42,49)/t29-,30-,31+,34+,35-,36+,37+/m0/s1. The number of aliphatic hydroxyl groups is 4. The first-order valence-electron chi connectivity index (χ1n) is 17.8. The Labute approximate surface area is 293 Å². The molecule has 7 N–H and O–H groups in total. The van der Waals surface area contributed by atoms with Crippen molar-refractivity contribution in [1.29, 1.82) is 0 Å². The van der Waals surface area contributed by atoms with Crippen LogP contribution in [-0.2, 0) is 20.8 Å². The maximum atomic E-state index is 13.7. The van der Waals surface area contributed by atoms with Gasteiger partial charge >= 0.3 is 0 Å². The van der Waals surface area contributed by atoms with Gasteiger partial charge in [-0.1, -0.05) is 107 Å². The zero-order valence-corrected chi connectivity index (χ0v) is 28.8. The van der Waals surface area contributed by atoms with Crippen LogP contribution in [0.25, 0.3) is 10.8 Å². The lowest BCUT2D eigenvalue weighted by atomic mass is 9.79. The first-order chi connectivity index (χ1) is 24.1. The van der Waals surface area contributed by atoms with Crippen LogP contribution in [0, 0.1) is 17.8 Å². The van der Waals surface area contributed by atoms with E-state index in [2.05, 4.69) is 16.0 Å². The summed E-state index contributed by atoms with van der Waals surface area (Å²) in [6, 6.07) is 17.6. The maximum absolute atomic E-state index is 13.7. The molecule has 0 aromatic heterocycles. The topological polar surface area (TPSA) is 177 Å². The van der Waals surface area contributed by atoms with Crippen LogP contribution < -0.4 is 20.7 Å². The van der Waals surface area contributed by atoms with Gasteiger partial charge in [-0.25, -0.2) is 0 Å². The summed E-state index contributed by atoms with van der Waals surface area (Å²) >= 11 is 0. The minimum absolute atomic E-state index is 0.170. The van der Waals surface area contributed by atoms with Crippen LogP contribution >= 0.6 is 0 Å². The first kappa shape index (κ1) is 37.2. The van der Waals surface area contributed by atoms with Crippen molar-refractivity contribution in [3.8, 4) is 5.75 Å². The smallest absolute Gasteiger partial charge is 0.258 e. The molecule has 11 nitrogen and oxygen atoms in total. The highest BCUT2D eigenvalue weighted by Gasteiger charge is 2.42. The molecule has 3 aromatic carbocycles. The van der Waals surface area contributed by atoms with Crippen LogP contribution in [-0.4, -0.2) is 81.8 Å². The van der Waals surface area contributed by atoms with E-state index in [1.807, 2.05) is 60.7 Å². The third kappa shape index (κ3) is 9.00. The van der Waals surface area contributed by atoms with E-state index in [4.69, 9.17) is 4.74 Å². The molecule has 0 bridgehead atoms. The van der Waals surface area contributed by atoms with Gasteiger partial charge in [0, 0.05) is 11.8 Å². The summed E-state index contributed by atoms with van der Waals surface area (Å²) in [5.41, 5.74) is 1.75. The summed E-state index contributed by atoms with van der Waals surface area (Å²) in [7, 11) is 0. The van der Waals surface area contributed by atoms with Crippen LogP contribution in [0.3, 0.4) is 0 Å². The second kappa shape index (κ2) is 17.3. The maximum Gasteiger partial charge on any atom is 0.258 e. The lowest BCUT2D eigenvalue weighted by Gasteiger charge is -2.36. The minimum Gasteiger partial charge on any atom is -0.483 e. The Morgan fingerprint density at radius 2 is 1.56 bits per heavy atom. The molecule has 3 amide bonds. The van der Waals surface area contributed by atoms with E-state index in [1.165, 1.54) is 0 Å². The highest BCUT2D eigenvalue weighted by molar-refractivity contribution is 5.90. The molecule has 0 spiro atoms. The van der Waals surface area contributed by atoms with E-state index in [9.17, 15) is 34.8 Å². The van der Waals surface area contributed by atoms with E-state index in [0.717, 1.165) is 54.0 Å². The van der Waals surface area contributed by atoms with Gasteiger partial charge in [-0.05, 0) is 40.8 Å². The number of aliphatic hydroxyl groups excluding tert-OH is 4. The largest absolute Gasteiger partial charge is 0.483 e. The van der Waals surface area contributed by atoms with Crippen molar-refractivity contribution in [2.45, 2.75) is 95.2 Å². The van der Waals surface area contributed by atoms with Gasteiger partial charge in [-0.2, -0.15) is 0 Å². The number of fused-ring (bicyclic) bond motifs is 2. The van der Waals surface area contributed by atoms with E-state index >= 15 is 0 Å². The molecule has 0 saturated heterocycles. The Morgan fingerprint density at radius 1 is 0.860 bits per heavy atom. The van der Waals surface area contributed by atoms with Crippen molar-refractivity contribution < 1.29 is 39.5 Å². The normalized spacial score (nSPS) is 20.7. The monoisotopic (exact) mass is 689 g/mol. The number of rotatable bonds is 15. The molecule has 5 rings (SSSR count). The van der Waals surface area contributed by atoms with Crippen molar-refractivity contribution >= 4 is 28.5 Å². The molecule has 0 heterocycles. The van der Waals surface area contributed by atoms with Gasteiger partial charge in [0.2, 0.25) is 11.8 Å². The fourth-order valence-electron chi connectivity index (χ4n) is 7.54. The zero-order chi connectivity index (χ0) is 35.8. The molecule has 0 radical (unpaired) electrons. The minimum atomic E-state index is -1.56. The number of hydrogen-bond donors (Lipinski definition) is 7. The van der Waals surface area contributed by atoms with Crippen LogP contribution in [0.5, 0.6) is 5.75 Å². The molecule has 7 atom stereocenters. The van der Waals surface area contributed by atoms with Gasteiger partial charge in [0.15, 0.2) is 6.61 Å². The number of benzene rings is 3. The molecule has 0 aliphatic heterocycles. The summed E-state index contributed by atoms with van der Waals surface area (Å²) in [6.45, 7) is 2.44.